The van der Waals surface area contributed by atoms with E-state index in [4.69, 9.17) is 14.2 Å². The lowest BCUT2D eigenvalue weighted by Gasteiger charge is -2.19. The molecule has 1 amide bonds. The average Bonchev–Trinajstić information content (AvgIpc) is 3.34. The summed E-state index contributed by atoms with van der Waals surface area (Å²) >= 11 is 0. The molecule has 0 spiro atoms. The number of amides is 1. The third-order valence-corrected chi connectivity index (χ3v) is 4.91. The number of para-hydroxylation sites is 1. The Hall–Kier alpha value is -2.87. The highest BCUT2D eigenvalue weighted by Gasteiger charge is 2.30. The molecule has 0 saturated carbocycles. The lowest BCUT2D eigenvalue weighted by Crippen LogP contribution is -2.45. The van der Waals surface area contributed by atoms with Gasteiger partial charge in [0.25, 0.3) is 0 Å². The summed E-state index contributed by atoms with van der Waals surface area (Å²) in [4.78, 5) is 37.6. The van der Waals surface area contributed by atoms with Crippen LogP contribution in [0.5, 0.6) is 0 Å². The molecule has 1 aliphatic rings. The maximum atomic E-state index is 12.7. The molecule has 0 unspecified atom stereocenters. The Labute approximate surface area is 175 Å². The minimum atomic E-state index is -0.874. The van der Waals surface area contributed by atoms with Gasteiger partial charge in [-0.3, -0.25) is 9.36 Å². The van der Waals surface area contributed by atoms with E-state index in [-0.39, 0.29) is 18.2 Å². The number of rotatable bonds is 5. The third kappa shape index (κ3) is 4.99. The number of ether oxygens (including phenoxy) is 3. The first-order valence-corrected chi connectivity index (χ1v) is 9.98. The van der Waals surface area contributed by atoms with Crippen molar-refractivity contribution in [3.8, 4) is 0 Å². The van der Waals surface area contributed by atoms with Crippen LogP contribution in [-0.4, -0.2) is 54.5 Å². The van der Waals surface area contributed by atoms with Crippen LogP contribution in [0.2, 0.25) is 0 Å². The zero-order valence-electron chi connectivity index (χ0n) is 17.8. The largest absolute Gasteiger partial charge is 0.467 e. The molecule has 8 heteroatoms. The third-order valence-electron chi connectivity index (χ3n) is 4.91. The topological polar surface area (TPSA) is 95.9 Å². The van der Waals surface area contributed by atoms with E-state index in [1.54, 1.807) is 27.0 Å². The summed E-state index contributed by atoms with van der Waals surface area (Å²) in [6.07, 6.45) is 1.95. The quantitative estimate of drug-likeness (QED) is 0.753. The van der Waals surface area contributed by atoms with Crippen LogP contribution in [0.3, 0.4) is 0 Å². The lowest BCUT2D eigenvalue weighted by atomic mass is 10.0. The highest BCUT2D eigenvalue weighted by Crippen LogP contribution is 2.24. The fourth-order valence-electron chi connectivity index (χ4n) is 3.46. The van der Waals surface area contributed by atoms with Gasteiger partial charge < -0.3 is 19.5 Å². The van der Waals surface area contributed by atoms with Gasteiger partial charge in [0, 0.05) is 24.6 Å². The van der Waals surface area contributed by atoms with Crippen LogP contribution in [-0.2, 0) is 30.2 Å². The van der Waals surface area contributed by atoms with Gasteiger partial charge in [-0.2, -0.15) is 0 Å². The number of aromatic nitrogens is 1. The van der Waals surface area contributed by atoms with Crippen molar-refractivity contribution < 1.29 is 28.6 Å². The molecule has 2 atom stereocenters. The smallest absolute Gasteiger partial charge is 0.419 e. The molecule has 0 bridgehead atoms. The first-order valence-electron chi connectivity index (χ1n) is 9.98. The van der Waals surface area contributed by atoms with E-state index in [0.717, 1.165) is 10.9 Å². The van der Waals surface area contributed by atoms with E-state index in [1.807, 2.05) is 24.3 Å². The number of hydrogen-bond acceptors (Lipinski definition) is 6. The second kappa shape index (κ2) is 8.87. The number of methoxy groups -OCH3 is 1. The highest BCUT2D eigenvalue weighted by atomic mass is 16.6. The predicted molar refractivity (Wildman–Crippen MR) is 110 cm³/mol. The molecule has 2 aromatic rings. The fourth-order valence-corrected chi connectivity index (χ4v) is 3.46. The maximum absolute atomic E-state index is 12.7. The first kappa shape index (κ1) is 21.8. The number of hydrogen-bond donors (Lipinski definition) is 1. The van der Waals surface area contributed by atoms with Crippen LogP contribution in [0.15, 0.2) is 30.5 Å². The minimum Gasteiger partial charge on any atom is -0.467 e. The fraction of sp³-hybridized carbons (Fsp3) is 0.500. The zero-order valence-corrected chi connectivity index (χ0v) is 17.8. The normalized spacial score (nSPS) is 17.5. The van der Waals surface area contributed by atoms with Crippen molar-refractivity contribution >= 4 is 28.9 Å². The van der Waals surface area contributed by atoms with Crippen LogP contribution < -0.4 is 5.32 Å². The molecule has 1 saturated heterocycles. The highest BCUT2D eigenvalue weighted by molar-refractivity contribution is 5.93. The summed E-state index contributed by atoms with van der Waals surface area (Å²) in [6.45, 7) is 6.27. The predicted octanol–water partition coefficient (Wildman–Crippen LogP) is 2.66. The van der Waals surface area contributed by atoms with Gasteiger partial charge in [0.2, 0.25) is 5.91 Å². The van der Waals surface area contributed by atoms with E-state index in [0.29, 0.717) is 25.2 Å². The SMILES string of the molecule is COC(=O)[C@H](Cc1cn(C(=O)OC(C)(C)C)c2ccccc12)NC(=O)[C@H]1CCOC1. The first-order chi connectivity index (χ1) is 14.2. The molecule has 0 aliphatic carbocycles. The summed E-state index contributed by atoms with van der Waals surface area (Å²) in [7, 11) is 1.28. The maximum Gasteiger partial charge on any atom is 0.419 e. The molecular weight excluding hydrogens is 388 g/mol. The van der Waals surface area contributed by atoms with E-state index in [1.165, 1.54) is 11.7 Å². The number of nitrogens with zero attached hydrogens (tertiary/aromatic N) is 1. The Bertz CT molecular complexity index is 937. The molecule has 8 nitrogen and oxygen atoms in total. The van der Waals surface area contributed by atoms with Crippen molar-refractivity contribution in [2.45, 2.75) is 45.3 Å². The van der Waals surface area contributed by atoms with Gasteiger partial charge >= 0.3 is 12.1 Å². The van der Waals surface area contributed by atoms with Gasteiger partial charge in [-0.1, -0.05) is 18.2 Å². The minimum absolute atomic E-state index is 0.183. The van der Waals surface area contributed by atoms with Crippen molar-refractivity contribution in [1.82, 2.24) is 9.88 Å². The van der Waals surface area contributed by atoms with E-state index in [2.05, 4.69) is 5.32 Å². The number of benzene rings is 1. The van der Waals surface area contributed by atoms with Crippen LogP contribution in [0.25, 0.3) is 10.9 Å². The van der Waals surface area contributed by atoms with Gasteiger partial charge in [-0.05, 0) is 38.8 Å². The van der Waals surface area contributed by atoms with Crippen LogP contribution >= 0.6 is 0 Å². The summed E-state index contributed by atoms with van der Waals surface area (Å²) in [5, 5.41) is 3.58. The number of nitrogens with one attached hydrogen (secondary N) is 1. The van der Waals surface area contributed by atoms with Gasteiger partial charge in [-0.25, -0.2) is 9.59 Å². The van der Waals surface area contributed by atoms with Gasteiger partial charge in [-0.15, -0.1) is 0 Å². The van der Waals surface area contributed by atoms with Crippen LogP contribution in [0.1, 0.15) is 32.8 Å². The number of esters is 1. The monoisotopic (exact) mass is 416 g/mol. The van der Waals surface area contributed by atoms with E-state index >= 15 is 0 Å². The molecule has 3 rings (SSSR count). The molecule has 1 N–H and O–H groups in total. The van der Waals surface area contributed by atoms with Gasteiger partial charge in [0.15, 0.2) is 0 Å². The molecule has 162 valence electrons. The molecule has 2 heterocycles. The Morgan fingerprint density at radius 3 is 2.63 bits per heavy atom. The number of carbonyl (C=O) groups excluding carboxylic acids is 3. The zero-order chi connectivity index (χ0) is 21.9. The van der Waals surface area contributed by atoms with E-state index < -0.39 is 23.7 Å². The average molecular weight is 416 g/mol. The van der Waals surface area contributed by atoms with Crippen molar-refractivity contribution in [3.63, 3.8) is 0 Å². The molecule has 1 aromatic heterocycles. The van der Waals surface area contributed by atoms with Gasteiger partial charge in [0.05, 0.1) is 25.2 Å². The van der Waals surface area contributed by atoms with E-state index in [9.17, 15) is 14.4 Å². The molecule has 1 fully saturated rings. The van der Waals surface area contributed by atoms with Crippen molar-refractivity contribution in [2.75, 3.05) is 20.3 Å². The summed E-state index contributed by atoms with van der Waals surface area (Å²) in [6, 6.07) is 6.48. The summed E-state index contributed by atoms with van der Waals surface area (Å²) < 4.78 is 17.1. The molecule has 30 heavy (non-hydrogen) atoms. The Balaban J connectivity index is 1.89. The Kier molecular flexibility index (Phi) is 6.45. The van der Waals surface area contributed by atoms with Crippen molar-refractivity contribution in [3.05, 3.63) is 36.0 Å². The molecule has 1 aromatic carbocycles. The van der Waals surface area contributed by atoms with Gasteiger partial charge in [0.1, 0.15) is 11.6 Å². The van der Waals surface area contributed by atoms with Crippen molar-refractivity contribution in [2.24, 2.45) is 5.92 Å². The summed E-state index contributed by atoms with van der Waals surface area (Å²) in [5.74, 6) is -1.06. The van der Waals surface area contributed by atoms with Crippen LogP contribution in [0.4, 0.5) is 4.79 Å². The second-order valence-electron chi connectivity index (χ2n) is 8.37. The number of fused-ring (bicyclic) bond motifs is 1. The van der Waals surface area contributed by atoms with Crippen LogP contribution in [0, 0.1) is 5.92 Å². The molecule has 1 aliphatic heterocycles. The number of carbonyl (C=O) groups is 3. The Morgan fingerprint density at radius 1 is 1.27 bits per heavy atom. The molecule has 0 radical (unpaired) electrons. The summed E-state index contributed by atoms with van der Waals surface area (Å²) in [5.41, 5.74) is 0.754. The standard InChI is InChI=1S/C22H28N2O6/c1-22(2,3)30-21(27)24-12-15(16-7-5-6-8-18(16)24)11-17(20(26)28-4)23-19(25)14-9-10-29-13-14/h5-8,12,14,17H,9-11,13H2,1-4H3,(H,23,25)/t14-,17-/m0/s1. The van der Waals surface area contributed by atoms with Crippen molar-refractivity contribution in [1.29, 1.82) is 0 Å². The second-order valence-corrected chi connectivity index (χ2v) is 8.37. The molecular formula is C22H28N2O6. The lowest BCUT2D eigenvalue weighted by molar-refractivity contribution is -0.145. The Morgan fingerprint density at radius 2 is 2.00 bits per heavy atom.